The number of hydrogen-bond donors (Lipinski definition) is 3. The predicted octanol–water partition coefficient (Wildman–Crippen LogP) is 4.17. The van der Waals surface area contributed by atoms with Crippen molar-refractivity contribution in [1.82, 2.24) is 14.9 Å². The van der Waals surface area contributed by atoms with Crippen LogP contribution in [0.15, 0.2) is 41.9 Å². The molecule has 4 rings (SSSR count). The van der Waals surface area contributed by atoms with E-state index >= 15 is 0 Å². The lowest BCUT2D eigenvalue weighted by atomic mass is 9.98. The summed E-state index contributed by atoms with van der Waals surface area (Å²) in [7, 11) is 0. The molecule has 1 unspecified atom stereocenters. The van der Waals surface area contributed by atoms with E-state index in [1.165, 1.54) is 42.8 Å². The lowest BCUT2D eigenvalue weighted by molar-refractivity contribution is -0.227. The van der Waals surface area contributed by atoms with E-state index in [0.717, 1.165) is 6.07 Å². The Morgan fingerprint density at radius 3 is 2.78 bits per heavy atom. The van der Waals surface area contributed by atoms with Crippen molar-refractivity contribution >= 4 is 33.8 Å². The second-order valence-electron chi connectivity index (χ2n) is 8.69. The lowest BCUT2D eigenvalue weighted by Gasteiger charge is -2.33. The van der Waals surface area contributed by atoms with Crippen LogP contribution in [0, 0.1) is 5.82 Å². The molecule has 1 aromatic carbocycles. The van der Waals surface area contributed by atoms with Crippen molar-refractivity contribution in [1.29, 1.82) is 0 Å². The Bertz CT molecular complexity index is 1200. The Morgan fingerprint density at radius 2 is 2.08 bits per heavy atom. The van der Waals surface area contributed by atoms with E-state index in [1.807, 2.05) is 12.1 Å². The summed E-state index contributed by atoms with van der Waals surface area (Å²) in [6.07, 6.45) is 0. The van der Waals surface area contributed by atoms with Gasteiger partial charge >= 0.3 is 0 Å². The number of rotatable bonds is 9. The van der Waals surface area contributed by atoms with E-state index in [9.17, 15) is 18.8 Å². The molecule has 3 aromatic rings. The maximum atomic E-state index is 14.6. The number of carbonyl (C=O) groups is 1. The second-order valence-corrected chi connectivity index (χ2v) is 9.54. The molecule has 0 saturated carbocycles. The minimum atomic E-state index is -1.33. The third-order valence-corrected chi connectivity index (χ3v) is 6.64. The molecule has 1 fully saturated rings. The Balaban J connectivity index is 1.49. The lowest BCUT2D eigenvalue weighted by Crippen LogP contribution is -2.40. The second kappa shape index (κ2) is 11.4. The quantitative estimate of drug-likeness (QED) is 0.387. The van der Waals surface area contributed by atoms with Crippen molar-refractivity contribution in [2.24, 2.45) is 0 Å². The van der Waals surface area contributed by atoms with Gasteiger partial charge in [-0.3, -0.25) is 9.69 Å². The van der Waals surface area contributed by atoms with E-state index < -0.39 is 17.3 Å². The van der Waals surface area contributed by atoms with Crippen LogP contribution < -0.4 is 10.6 Å². The van der Waals surface area contributed by atoms with E-state index in [1.54, 1.807) is 6.07 Å². The van der Waals surface area contributed by atoms with Gasteiger partial charge in [0, 0.05) is 13.1 Å². The van der Waals surface area contributed by atoms with Crippen molar-refractivity contribution in [3.63, 3.8) is 0 Å². The maximum Gasteiger partial charge on any atom is 0.277 e. The number of halogens is 2. The summed E-state index contributed by atoms with van der Waals surface area (Å²) in [5, 5.41) is 16.0. The Hall–Kier alpha value is -3.03. The zero-order valence-electron chi connectivity index (χ0n) is 19.8. The summed E-state index contributed by atoms with van der Waals surface area (Å²) in [5.41, 5.74) is 1.12. The minimum Gasteiger partial charge on any atom is -0.394 e. The van der Waals surface area contributed by atoms with E-state index in [2.05, 4.69) is 30.4 Å². The molecule has 1 aliphatic heterocycles. The van der Waals surface area contributed by atoms with Gasteiger partial charge in [-0.05, 0) is 48.2 Å². The highest BCUT2D eigenvalue weighted by atomic mass is 32.1. The molecular weight excluding hydrogens is 492 g/mol. The summed E-state index contributed by atoms with van der Waals surface area (Å²) in [5.74, 6) is -0.881. The monoisotopic (exact) mass is 519 g/mol. The predicted molar refractivity (Wildman–Crippen MR) is 131 cm³/mol. The normalized spacial score (nSPS) is 15.5. The molecule has 2 aromatic heterocycles. The van der Waals surface area contributed by atoms with Gasteiger partial charge in [-0.15, -0.1) is 11.3 Å². The van der Waals surface area contributed by atoms with Crippen LogP contribution >= 0.6 is 11.3 Å². The first-order valence-electron chi connectivity index (χ1n) is 11.3. The molecule has 192 valence electrons. The third-order valence-electron chi connectivity index (χ3n) is 5.90. The van der Waals surface area contributed by atoms with Gasteiger partial charge in [0.1, 0.15) is 22.2 Å². The number of anilines is 3. The summed E-state index contributed by atoms with van der Waals surface area (Å²) >= 11 is 1.19. The number of amides is 1. The standard InChI is InChI=1S/C24H27F2N5O4S/c1-24(2,35-26)15-6-7-17(16(25)12-15)29-22(33)21-23(36-14-27-21)30-20-5-3-4-18(28-20)19(13-32)31-8-10-34-11-9-31/h3-7,12,14,19,32H,8-11,13H2,1-2H3,(H,28,30)(H,29,33). The number of nitrogens with zero attached hydrogens (tertiary/aromatic N) is 3. The van der Waals surface area contributed by atoms with Crippen molar-refractivity contribution in [2.45, 2.75) is 25.5 Å². The number of hydrogen-bond acceptors (Lipinski definition) is 9. The Morgan fingerprint density at radius 1 is 1.31 bits per heavy atom. The molecule has 1 atom stereocenters. The van der Waals surface area contributed by atoms with E-state index in [-0.39, 0.29) is 29.6 Å². The molecule has 3 N–H and O–H groups in total. The van der Waals surface area contributed by atoms with E-state index in [4.69, 9.17) is 4.74 Å². The number of carbonyl (C=O) groups excluding carboxylic acids is 1. The molecule has 0 aliphatic carbocycles. The first-order chi connectivity index (χ1) is 17.3. The Kier molecular flexibility index (Phi) is 8.21. The molecule has 0 bridgehead atoms. The van der Waals surface area contributed by atoms with Crippen LogP contribution in [-0.4, -0.2) is 58.8 Å². The molecular formula is C24H27F2N5O4S. The van der Waals surface area contributed by atoms with Gasteiger partial charge in [0.05, 0.1) is 42.8 Å². The highest BCUT2D eigenvalue weighted by Crippen LogP contribution is 2.30. The average molecular weight is 520 g/mol. The third kappa shape index (κ3) is 5.85. The number of morpholine rings is 1. The van der Waals surface area contributed by atoms with Crippen LogP contribution in [0.4, 0.5) is 25.4 Å². The largest absolute Gasteiger partial charge is 0.394 e. The SMILES string of the molecule is CC(C)(OF)c1ccc(NC(=O)c2ncsc2Nc2cccc(C(CO)N3CCOCC3)n2)c(F)c1. The summed E-state index contributed by atoms with van der Waals surface area (Å²) in [6.45, 7) is 5.40. The molecule has 9 nitrogen and oxygen atoms in total. The highest BCUT2D eigenvalue weighted by molar-refractivity contribution is 7.14. The van der Waals surface area contributed by atoms with Crippen molar-refractivity contribution in [3.05, 3.63) is 64.7 Å². The fourth-order valence-corrected chi connectivity index (χ4v) is 4.51. The van der Waals surface area contributed by atoms with Crippen molar-refractivity contribution in [3.8, 4) is 0 Å². The molecule has 1 saturated heterocycles. The van der Waals surface area contributed by atoms with Crippen LogP contribution in [0.25, 0.3) is 0 Å². The summed E-state index contributed by atoms with van der Waals surface area (Å²) in [4.78, 5) is 27.6. The fraction of sp³-hybridized carbons (Fsp3) is 0.375. The van der Waals surface area contributed by atoms with Crippen LogP contribution in [0.1, 0.15) is 41.6 Å². The fourth-order valence-electron chi connectivity index (χ4n) is 3.82. The number of pyridine rings is 1. The van der Waals surface area contributed by atoms with E-state index in [0.29, 0.717) is 42.8 Å². The van der Waals surface area contributed by atoms with Crippen LogP contribution in [0.3, 0.4) is 0 Å². The van der Waals surface area contributed by atoms with Crippen molar-refractivity contribution in [2.75, 3.05) is 43.5 Å². The van der Waals surface area contributed by atoms with Gasteiger partial charge in [-0.25, -0.2) is 14.4 Å². The average Bonchev–Trinajstić information content (AvgIpc) is 3.35. The zero-order valence-corrected chi connectivity index (χ0v) is 20.6. The number of ether oxygens (including phenoxy) is 1. The molecule has 1 amide bonds. The first-order valence-corrected chi connectivity index (χ1v) is 12.2. The maximum absolute atomic E-state index is 14.6. The highest BCUT2D eigenvalue weighted by Gasteiger charge is 2.26. The molecule has 3 heterocycles. The van der Waals surface area contributed by atoms with Gasteiger partial charge in [0.15, 0.2) is 5.69 Å². The van der Waals surface area contributed by atoms with Gasteiger partial charge in [0.2, 0.25) is 0 Å². The molecule has 36 heavy (non-hydrogen) atoms. The Labute approximate surface area is 211 Å². The molecule has 0 spiro atoms. The minimum absolute atomic E-state index is 0.0648. The first kappa shape index (κ1) is 26.0. The van der Waals surface area contributed by atoms with Crippen LogP contribution in [0.2, 0.25) is 0 Å². The van der Waals surface area contributed by atoms with Crippen molar-refractivity contribution < 1.29 is 28.5 Å². The number of aliphatic hydroxyl groups excluding tert-OH is 1. The molecule has 12 heteroatoms. The smallest absolute Gasteiger partial charge is 0.277 e. The van der Waals surface area contributed by atoms with Crippen LogP contribution in [-0.2, 0) is 15.3 Å². The topological polar surface area (TPSA) is 109 Å². The van der Waals surface area contributed by atoms with Gasteiger partial charge < -0.3 is 20.5 Å². The van der Waals surface area contributed by atoms with Gasteiger partial charge in [0.25, 0.3) is 5.91 Å². The van der Waals surface area contributed by atoms with Gasteiger partial charge in [-0.2, -0.15) is 4.94 Å². The molecule has 0 radical (unpaired) electrons. The number of benzene rings is 1. The number of aromatic nitrogens is 2. The van der Waals surface area contributed by atoms with Gasteiger partial charge in [-0.1, -0.05) is 12.1 Å². The number of nitrogens with one attached hydrogen (secondary N) is 2. The molecule has 1 aliphatic rings. The summed E-state index contributed by atoms with van der Waals surface area (Å²) in [6, 6.07) is 9.04. The summed E-state index contributed by atoms with van der Waals surface area (Å²) < 4.78 is 32.8. The number of thiazole rings is 1. The zero-order chi connectivity index (χ0) is 25.7. The van der Waals surface area contributed by atoms with Crippen LogP contribution in [0.5, 0.6) is 0 Å². The number of aliphatic hydroxyl groups is 1.